The maximum Gasteiger partial charge on any atom is 0.573 e. The number of alkyl halides is 6. The monoisotopic (exact) mass is 524 g/mol. The minimum absolute atomic E-state index is 0.00631. The molecule has 0 amide bonds. The highest BCUT2D eigenvalue weighted by molar-refractivity contribution is 7.89. The van der Waals surface area contributed by atoms with Gasteiger partial charge in [0.1, 0.15) is 5.75 Å². The Morgan fingerprint density at radius 2 is 1.86 bits per heavy atom. The summed E-state index contributed by atoms with van der Waals surface area (Å²) >= 11 is 0. The number of aromatic nitrogens is 2. The SMILES string of the molecule is O=S(=O)(N1Cc2cc(OC(F)(F)F)ccc2N(Cc2cnc[nH]2)C(C23CCC2CC3)C1)C(F)(F)F. The van der Waals surface area contributed by atoms with Gasteiger partial charge in [-0.25, -0.2) is 13.4 Å². The normalized spacial score (nSPS) is 27.3. The average Bonchev–Trinajstić information content (AvgIpc) is 3.18. The number of nitrogens with zero attached hydrogens (tertiary/aromatic N) is 3. The Hall–Kier alpha value is -2.48. The van der Waals surface area contributed by atoms with Gasteiger partial charge in [-0.1, -0.05) is 0 Å². The number of imidazole rings is 1. The summed E-state index contributed by atoms with van der Waals surface area (Å²) in [7, 11) is -5.75. The summed E-state index contributed by atoms with van der Waals surface area (Å²) in [5, 5.41) is 0. The van der Waals surface area contributed by atoms with Crippen LogP contribution in [0.4, 0.5) is 32.0 Å². The van der Waals surface area contributed by atoms with Crippen LogP contribution < -0.4 is 9.64 Å². The number of fused-ring (bicyclic) bond motifs is 2. The summed E-state index contributed by atoms with van der Waals surface area (Å²) in [6.07, 6.45) is 1.27. The highest BCUT2D eigenvalue weighted by Gasteiger charge is 2.61. The van der Waals surface area contributed by atoms with Gasteiger partial charge in [0.25, 0.3) is 0 Å². The lowest BCUT2D eigenvalue weighted by Gasteiger charge is -2.64. The zero-order chi connectivity index (χ0) is 25.2. The third-order valence-corrected chi connectivity index (χ3v) is 9.16. The van der Waals surface area contributed by atoms with E-state index in [4.69, 9.17) is 0 Å². The van der Waals surface area contributed by atoms with Gasteiger partial charge in [-0.15, -0.1) is 13.2 Å². The molecule has 192 valence electrons. The number of benzene rings is 1. The first kappa shape index (κ1) is 24.2. The Balaban J connectivity index is 1.64. The second-order valence-electron chi connectivity index (χ2n) is 9.31. The van der Waals surface area contributed by atoms with Crippen LogP contribution in [0.2, 0.25) is 0 Å². The summed E-state index contributed by atoms with van der Waals surface area (Å²) in [6, 6.07) is 2.80. The van der Waals surface area contributed by atoms with Gasteiger partial charge in [0.15, 0.2) is 0 Å². The molecule has 2 saturated carbocycles. The molecule has 3 aliphatic rings. The summed E-state index contributed by atoms with van der Waals surface area (Å²) in [5.41, 5.74) is -4.91. The lowest BCUT2D eigenvalue weighted by Crippen LogP contribution is -2.64. The number of hydrogen-bond acceptors (Lipinski definition) is 5. The largest absolute Gasteiger partial charge is 0.573 e. The molecule has 2 aliphatic carbocycles. The molecule has 1 aromatic heterocycles. The van der Waals surface area contributed by atoms with Crippen molar-refractivity contribution >= 4 is 15.7 Å². The van der Waals surface area contributed by atoms with Crippen molar-refractivity contribution in [3.8, 4) is 5.75 Å². The average molecular weight is 524 g/mol. The molecular weight excluding hydrogens is 502 g/mol. The molecule has 0 saturated heterocycles. The van der Waals surface area contributed by atoms with Gasteiger partial charge >= 0.3 is 21.9 Å². The molecule has 2 fully saturated rings. The number of sulfonamides is 1. The Kier molecular flexibility index (Phi) is 5.55. The molecule has 35 heavy (non-hydrogen) atoms. The topological polar surface area (TPSA) is 78.5 Å². The van der Waals surface area contributed by atoms with Crippen molar-refractivity contribution in [2.75, 3.05) is 11.4 Å². The van der Waals surface area contributed by atoms with Gasteiger partial charge in [-0.2, -0.15) is 17.5 Å². The predicted molar refractivity (Wildman–Crippen MR) is 111 cm³/mol. The zero-order valence-electron chi connectivity index (χ0n) is 18.2. The van der Waals surface area contributed by atoms with Gasteiger partial charge in [-0.3, -0.25) is 0 Å². The zero-order valence-corrected chi connectivity index (χ0v) is 19.1. The van der Waals surface area contributed by atoms with Crippen LogP contribution in [-0.4, -0.2) is 47.1 Å². The van der Waals surface area contributed by atoms with Crippen molar-refractivity contribution in [1.82, 2.24) is 14.3 Å². The highest BCUT2D eigenvalue weighted by Crippen LogP contribution is 2.64. The van der Waals surface area contributed by atoms with E-state index in [1.54, 1.807) is 6.20 Å². The fourth-order valence-corrected chi connectivity index (χ4v) is 6.70. The number of rotatable bonds is 5. The summed E-state index contributed by atoms with van der Waals surface area (Å²) < 4.78 is 109. The Morgan fingerprint density at radius 3 is 2.37 bits per heavy atom. The Morgan fingerprint density at radius 1 is 1.14 bits per heavy atom. The first-order chi connectivity index (χ1) is 16.3. The number of nitrogens with one attached hydrogen (secondary N) is 1. The van der Waals surface area contributed by atoms with Crippen molar-refractivity contribution in [3.63, 3.8) is 0 Å². The molecule has 2 heterocycles. The van der Waals surface area contributed by atoms with Crippen LogP contribution in [0.5, 0.6) is 5.75 Å². The number of aromatic amines is 1. The molecule has 1 N–H and O–H groups in total. The first-order valence-electron chi connectivity index (χ1n) is 11.0. The van der Waals surface area contributed by atoms with E-state index in [1.165, 1.54) is 12.4 Å². The maximum absolute atomic E-state index is 13.6. The molecule has 1 aromatic carbocycles. The molecule has 1 aliphatic heterocycles. The van der Waals surface area contributed by atoms with Crippen LogP contribution in [0, 0.1) is 11.3 Å². The number of anilines is 1. The standard InChI is InChI=1S/C21H22F6N4O3S/c22-20(23,24)34-16-1-2-17-13(7-16)9-30(35(32,33)21(25,26)27)11-18(19-5-3-14(19)4-6-19)31(17)10-15-8-28-12-29-15/h1-2,7-8,12,14,18H,3-6,9-11H2,(H,28,29). The fraction of sp³-hybridized carbons (Fsp3) is 0.571. The second-order valence-corrected chi connectivity index (χ2v) is 11.2. The van der Waals surface area contributed by atoms with Gasteiger partial charge in [-0.05, 0) is 60.8 Å². The predicted octanol–water partition coefficient (Wildman–Crippen LogP) is 4.54. The maximum atomic E-state index is 13.6. The van der Waals surface area contributed by atoms with Gasteiger partial charge in [0.2, 0.25) is 0 Å². The van der Waals surface area contributed by atoms with Gasteiger partial charge < -0.3 is 14.6 Å². The van der Waals surface area contributed by atoms with Crippen LogP contribution in [0.1, 0.15) is 36.9 Å². The van der Waals surface area contributed by atoms with E-state index >= 15 is 0 Å². The van der Waals surface area contributed by atoms with Crippen molar-refractivity contribution < 1.29 is 39.5 Å². The highest BCUT2D eigenvalue weighted by atomic mass is 32.2. The molecular formula is C21H22F6N4O3S. The Bertz CT molecular complexity index is 1190. The molecule has 0 radical (unpaired) electrons. The van der Waals surface area contributed by atoms with Crippen LogP contribution in [0.25, 0.3) is 0 Å². The van der Waals surface area contributed by atoms with Crippen molar-refractivity contribution in [1.29, 1.82) is 0 Å². The van der Waals surface area contributed by atoms with E-state index in [0.29, 0.717) is 15.7 Å². The summed E-state index contributed by atoms with van der Waals surface area (Å²) in [4.78, 5) is 8.74. The lowest BCUT2D eigenvalue weighted by atomic mass is 9.44. The van der Waals surface area contributed by atoms with E-state index in [9.17, 15) is 34.8 Å². The lowest BCUT2D eigenvalue weighted by molar-refractivity contribution is -0.274. The number of H-pyrrole nitrogens is 1. The van der Waals surface area contributed by atoms with Crippen molar-refractivity contribution in [3.05, 3.63) is 42.0 Å². The second kappa shape index (κ2) is 8.02. The molecule has 2 aromatic rings. The van der Waals surface area contributed by atoms with Crippen LogP contribution in [0.3, 0.4) is 0 Å². The number of halogens is 6. The van der Waals surface area contributed by atoms with Gasteiger partial charge in [0.05, 0.1) is 18.6 Å². The molecule has 14 heteroatoms. The number of ether oxygens (including phenoxy) is 1. The van der Waals surface area contributed by atoms with E-state index in [2.05, 4.69) is 14.7 Å². The summed E-state index contributed by atoms with van der Waals surface area (Å²) in [6.45, 7) is -0.995. The molecule has 1 unspecified atom stereocenters. The van der Waals surface area contributed by atoms with Crippen molar-refractivity contribution in [2.45, 2.75) is 56.7 Å². The Labute approximate surface area is 197 Å². The van der Waals surface area contributed by atoms with Crippen LogP contribution in [0.15, 0.2) is 30.7 Å². The first-order valence-corrected chi connectivity index (χ1v) is 12.4. The molecule has 7 nitrogen and oxygen atoms in total. The van der Waals surface area contributed by atoms with E-state index in [-0.39, 0.29) is 23.4 Å². The minimum atomic E-state index is -5.75. The fourth-order valence-electron chi connectivity index (χ4n) is 5.76. The molecule has 0 spiro atoms. The minimum Gasteiger partial charge on any atom is -0.406 e. The third-order valence-electron chi connectivity index (χ3n) is 7.61. The quantitative estimate of drug-likeness (QED) is 0.582. The van der Waals surface area contributed by atoms with E-state index < -0.39 is 46.8 Å². The van der Waals surface area contributed by atoms with E-state index in [0.717, 1.165) is 37.8 Å². The van der Waals surface area contributed by atoms with E-state index in [1.807, 2.05) is 4.90 Å². The van der Waals surface area contributed by atoms with Gasteiger partial charge in [0, 0.05) is 31.0 Å². The molecule has 0 bridgehead atoms. The third kappa shape index (κ3) is 4.13. The molecule has 5 rings (SSSR count). The molecule has 1 atom stereocenters. The summed E-state index contributed by atoms with van der Waals surface area (Å²) in [5.74, 6) is -0.370. The van der Waals surface area contributed by atoms with Crippen LogP contribution >= 0.6 is 0 Å². The van der Waals surface area contributed by atoms with Crippen molar-refractivity contribution in [2.24, 2.45) is 11.3 Å². The smallest absolute Gasteiger partial charge is 0.406 e. The van der Waals surface area contributed by atoms with Crippen LogP contribution in [-0.2, 0) is 23.1 Å². The number of hydrogen-bond donors (Lipinski definition) is 1.